The monoisotopic (exact) mass is 335 g/mol. The van der Waals surface area contributed by atoms with Gasteiger partial charge in [0.15, 0.2) is 0 Å². The second-order valence-corrected chi connectivity index (χ2v) is 9.18. The number of carbonyl (C=O) groups is 2. The first kappa shape index (κ1) is 16.4. The number of carbonyl (C=O) groups excluding carboxylic acids is 1. The fraction of sp³-hybridized carbons (Fsp3) is 0.895. The van der Waals surface area contributed by atoms with Gasteiger partial charge in [-0.2, -0.15) is 0 Å². The molecule has 24 heavy (non-hydrogen) atoms. The summed E-state index contributed by atoms with van der Waals surface area (Å²) >= 11 is 0. The van der Waals surface area contributed by atoms with E-state index >= 15 is 0 Å². The predicted octanol–water partition coefficient (Wildman–Crippen LogP) is 2.54. The molecule has 4 aliphatic carbocycles. The quantitative estimate of drug-likeness (QED) is 0.838. The Morgan fingerprint density at radius 1 is 1.12 bits per heavy atom. The highest BCUT2D eigenvalue weighted by Gasteiger charge is 2.53. The molecule has 134 valence electrons. The lowest BCUT2D eigenvalue weighted by Gasteiger charge is -2.57. The molecule has 1 saturated heterocycles. The molecule has 0 spiro atoms. The molecular weight excluding hydrogens is 306 g/mol. The Morgan fingerprint density at radius 2 is 1.71 bits per heavy atom. The fourth-order valence-electron chi connectivity index (χ4n) is 6.65. The average Bonchev–Trinajstić information content (AvgIpc) is 2.91. The lowest BCUT2D eigenvalue weighted by atomic mass is 9.49. The summed E-state index contributed by atoms with van der Waals surface area (Å²) in [5.74, 6) is 1.86. The van der Waals surface area contributed by atoms with E-state index in [0.29, 0.717) is 25.9 Å². The zero-order chi connectivity index (χ0) is 16.9. The summed E-state index contributed by atoms with van der Waals surface area (Å²) in [6.45, 7) is 1.05. The number of aliphatic carboxylic acids is 1. The number of amides is 1. The van der Waals surface area contributed by atoms with E-state index in [9.17, 15) is 14.7 Å². The van der Waals surface area contributed by atoms with Gasteiger partial charge in [-0.05, 0) is 68.1 Å². The number of nitrogens with zero attached hydrogens (tertiary/aromatic N) is 1. The van der Waals surface area contributed by atoms with Gasteiger partial charge in [0.1, 0.15) is 5.41 Å². The minimum Gasteiger partial charge on any atom is -0.481 e. The van der Waals surface area contributed by atoms with E-state index < -0.39 is 11.4 Å². The summed E-state index contributed by atoms with van der Waals surface area (Å²) in [4.78, 5) is 26.4. The van der Waals surface area contributed by atoms with Gasteiger partial charge in [0.25, 0.3) is 0 Å². The first-order valence-electron chi connectivity index (χ1n) is 9.44. The largest absolute Gasteiger partial charge is 0.481 e. The topological polar surface area (TPSA) is 66.8 Å². The van der Waals surface area contributed by atoms with Crippen LogP contribution in [0.25, 0.3) is 0 Å². The van der Waals surface area contributed by atoms with Crippen molar-refractivity contribution in [1.29, 1.82) is 0 Å². The maximum atomic E-state index is 12.9. The zero-order valence-electron chi connectivity index (χ0n) is 14.6. The van der Waals surface area contributed by atoms with Gasteiger partial charge in [-0.15, -0.1) is 0 Å². The van der Waals surface area contributed by atoms with Crippen molar-refractivity contribution >= 4 is 11.9 Å². The van der Waals surface area contributed by atoms with E-state index in [0.717, 1.165) is 17.8 Å². The highest BCUT2D eigenvalue weighted by molar-refractivity contribution is 5.81. The first-order valence-corrected chi connectivity index (χ1v) is 9.44. The summed E-state index contributed by atoms with van der Waals surface area (Å²) in [5, 5.41) is 9.58. The van der Waals surface area contributed by atoms with Crippen molar-refractivity contribution in [3.63, 3.8) is 0 Å². The van der Waals surface area contributed by atoms with Gasteiger partial charge in [0.2, 0.25) is 5.91 Å². The predicted molar refractivity (Wildman–Crippen MR) is 88.4 cm³/mol. The third-order valence-electron chi connectivity index (χ3n) is 7.27. The number of carboxylic acids is 1. The molecule has 1 unspecified atom stereocenters. The molecule has 4 saturated carbocycles. The van der Waals surface area contributed by atoms with Crippen LogP contribution < -0.4 is 0 Å². The summed E-state index contributed by atoms with van der Waals surface area (Å²) in [6.07, 6.45) is 8.96. The number of likely N-dealkylation sites (tertiary alicyclic amines) is 1. The number of hydrogen-bond acceptors (Lipinski definition) is 3. The molecule has 5 heteroatoms. The molecule has 0 aromatic heterocycles. The van der Waals surface area contributed by atoms with Crippen molar-refractivity contribution in [2.75, 3.05) is 26.8 Å². The van der Waals surface area contributed by atoms with Crippen LogP contribution in [0.1, 0.15) is 51.4 Å². The molecule has 5 nitrogen and oxygen atoms in total. The van der Waals surface area contributed by atoms with Gasteiger partial charge >= 0.3 is 5.97 Å². The summed E-state index contributed by atoms with van der Waals surface area (Å²) in [7, 11) is 1.53. The van der Waals surface area contributed by atoms with E-state index in [1.807, 2.05) is 0 Å². The van der Waals surface area contributed by atoms with E-state index in [-0.39, 0.29) is 17.9 Å². The molecule has 1 N–H and O–H groups in total. The summed E-state index contributed by atoms with van der Waals surface area (Å²) < 4.78 is 5.13. The Hall–Kier alpha value is -1.10. The Morgan fingerprint density at radius 3 is 2.21 bits per heavy atom. The third kappa shape index (κ3) is 2.65. The van der Waals surface area contributed by atoms with Crippen molar-refractivity contribution in [3.05, 3.63) is 0 Å². The van der Waals surface area contributed by atoms with Crippen LogP contribution in [0.4, 0.5) is 0 Å². The van der Waals surface area contributed by atoms with E-state index in [4.69, 9.17) is 4.74 Å². The normalized spacial score (nSPS) is 43.4. The molecular formula is C19H29NO4. The van der Waals surface area contributed by atoms with Crippen LogP contribution in [-0.2, 0) is 14.3 Å². The zero-order valence-corrected chi connectivity index (χ0v) is 14.6. The van der Waals surface area contributed by atoms with Gasteiger partial charge < -0.3 is 14.7 Å². The van der Waals surface area contributed by atoms with Crippen molar-refractivity contribution in [1.82, 2.24) is 4.90 Å². The molecule has 0 aromatic carbocycles. The van der Waals surface area contributed by atoms with Crippen LogP contribution in [0.2, 0.25) is 0 Å². The number of methoxy groups -OCH3 is 1. The maximum absolute atomic E-state index is 12.9. The van der Waals surface area contributed by atoms with E-state index in [2.05, 4.69) is 0 Å². The number of ether oxygens (including phenoxy) is 1. The standard InChI is InChI=1S/C19H29NO4/c1-24-12-19(17(22)23)2-3-20(11-19)16(21)10-18-7-13-4-14(8-18)6-15(5-13)9-18/h13-15H,2-12H2,1H3,(H,22,23). The molecule has 5 fully saturated rings. The van der Waals surface area contributed by atoms with Crippen molar-refractivity contribution in [2.24, 2.45) is 28.6 Å². The van der Waals surface area contributed by atoms with Crippen LogP contribution in [0.5, 0.6) is 0 Å². The second kappa shape index (κ2) is 5.72. The Labute approximate surface area is 143 Å². The van der Waals surface area contributed by atoms with Crippen LogP contribution >= 0.6 is 0 Å². The molecule has 1 atom stereocenters. The Bertz CT molecular complexity index is 510. The smallest absolute Gasteiger partial charge is 0.313 e. The molecule has 4 bridgehead atoms. The summed E-state index contributed by atoms with van der Waals surface area (Å²) in [5.41, 5.74) is -0.687. The molecule has 5 rings (SSSR count). The Balaban J connectivity index is 1.43. The number of hydrogen-bond donors (Lipinski definition) is 1. The maximum Gasteiger partial charge on any atom is 0.313 e. The SMILES string of the molecule is COCC1(C(=O)O)CCN(C(=O)CC23CC4CC(CC(C4)C2)C3)C1. The van der Waals surface area contributed by atoms with Gasteiger partial charge in [-0.25, -0.2) is 0 Å². The molecule has 5 aliphatic rings. The number of rotatable bonds is 5. The Kier molecular flexibility index (Phi) is 3.90. The highest BCUT2D eigenvalue weighted by Crippen LogP contribution is 2.61. The average molecular weight is 335 g/mol. The third-order valence-corrected chi connectivity index (χ3v) is 7.27. The molecule has 1 aliphatic heterocycles. The lowest BCUT2D eigenvalue weighted by Crippen LogP contribution is -2.48. The lowest BCUT2D eigenvalue weighted by molar-refractivity contribution is -0.152. The van der Waals surface area contributed by atoms with Gasteiger partial charge in [-0.1, -0.05) is 0 Å². The minimum atomic E-state index is -0.911. The van der Waals surface area contributed by atoms with Crippen LogP contribution in [-0.4, -0.2) is 48.7 Å². The van der Waals surface area contributed by atoms with Crippen LogP contribution in [0.3, 0.4) is 0 Å². The van der Waals surface area contributed by atoms with Crippen molar-refractivity contribution in [2.45, 2.75) is 51.4 Å². The fourth-order valence-corrected chi connectivity index (χ4v) is 6.65. The van der Waals surface area contributed by atoms with Gasteiger partial charge in [0.05, 0.1) is 6.61 Å². The molecule has 1 heterocycles. The van der Waals surface area contributed by atoms with Crippen LogP contribution in [0.15, 0.2) is 0 Å². The molecule has 1 amide bonds. The summed E-state index contributed by atoms with van der Waals surface area (Å²) in [6, 6.07) is 0. The molecule has 0 aromatic rings. The van der Waals surface area contributed by atoms with Gasteiger partial charge in [0, 0.05) is 26.6 Å². The van der Waals surface area contributed by atoms with Crippen LogP contribution in [0, 0.1) is 28.6 Å². The van der Waals surface area contributed by atoms with E-state index in [1.165, 1.54) is 45.6 Å². The van der Waals surface area contributed by atoms with Crippen molar-refractivity contribution in [3.8, 4) is 0 Å². The number of carboxylic acid groups (broad SMARTS) is 1. The van der Waals surface area contributed by atoms with Crippen molar-refractivity contribution < 1.29 is 19.4 Å². The van der Waals surface area contributed by atoms with E-state index in [1.54, 1.807) is 4.90 Å². The minimum absolute atomic E-state index is 0.177. The molecule has 0 radical (unpaired) electrons. The second-order valence-electron chi connectivity index (χ2n) is 9.18. The first-order chi connectivity index (χ1) is 11.4. The van der Waals surface area contributed by atoms with Gasteiger partial charge in [-0.3, -0.25) is 9.59 Å². The highest BCUT2D eigenvalue weighted by atomic mass is 16.5.